The molecule has 0 fully saturated rings. The smallest absolute Gasteiger partial charge is 0.123 e. The number of methoxy groups -OCH3 is 1. The number of nitrogens with two attached hydrogens (primary N) is 1. The third-order valence-electron chi connectivity index (χ3n) is 3.21. The lowest BCUT2D eigenvalue weighted by molar-refractivity contribution is 0.386. The fraction of sp³-hybridized carbons (Fsp3) is 0.250. The Bertz CT molecular complexity index is 549. The molecule has 3 heteroatoms. The highest BCUT2D eigenvalue weighted by Gasteiger charge is 2.25. The van der Waals surface area contributed by atoms with Gasteiger partial charge in [-0.1, -0.05) is 30.3 Å². The zero-order valence-corrected chi connectivity index (χ0v) is 13.3. The maximum Gasteiger partial charge on any atom is 0.123 e. The van der Waals surface area contributed by atoms with Gasteiger partial charge in [-0.3, -0.25) is 0 Å². The molecule has 100 valence electrons. The molecule has 1 unspecified atom stereocenters. The minimum absolute atomic E-state index is 0.445. The molecule has 2 N–H and O–H groups in total. The van der Waals surface area contributed by atoms with Crippen LogP contribution in [0, 0.1) is 3.57 Å². The van der Waals surface area contributed by atoms with Crippen LogP contribution in [0.25, 0.3) is 0 Å². The molecule has 2 aromatic rings. The molecule has 0 saturated heterocycles. The van der Waals surface area contributed by atoms with Crippen molar-refractivity contribution >= 4 is 22.6 Å². The van der Waals surface area contributed by atoms with Crippen molar-refractivity contribution in [2.45, 2.75) is 18.9 Å². The van der Waals surface area contributed by atoms with E-state index in [1.54, 1.807) is 7.11 Å². The fourth-order valence-corrected chi connectivity index (χ4v) is 2.60. The molecule has 2 nitrogen and oxygen atoms in total. The minimum atomic E-state index is -0.445. The summed E-state index contributed by atoms with van der Waals surface area (Å²) in [7, 11) is 1.68. The van der Waals surface area contributed by atoms with Gasteiger partial charge < -0.3 is 10.5 Å². The van der Waals surface area contributed by atoms with Gasteiger partial charge in [0.25, 0.3) is 0 Å². The first kappa shape index (κ1) is 14.3. The normalized spacial score (nSPS) is 13.9. The summed E-state index contributed by atoms with van der Waals surface area (Å²) >= 11 is 2.31. The summed E-state index contributed by atoms with van der Waals surface area (Å²) in [6, 6.07) is 16.4. The molecule has 0 amide bonds. The molecule has 0 saturated carbocycles. The van der Waals surface area contributed by atoms with Gasteiger partial charge >= 0.3 is 0 Å². The molecule has 0 heterocycles. The molecular formula is C16H18INO. The Morgan fingerprint density at radius 3 is 2.37 bits per heavy atom. The van der Waals surface area contributed by atoms with Gasteiger partial charge in [-0.2, -0.15) is 0 Å². The molecule has 0 radical (unpaired) electrons. The highest BCUT2D eigenvalue weighted by Crippen LogP contribution is 2.30. The van der Waals surface area contributed by atoms with Crippen LogP contribution in [0.5, 0.6) is 5.75 Å². The second-order valence-electron chi connectivity index (χ2n) is 4.92. The molecule has 1 atom stereocenters. The first-order valence-electron chi connectivity index (χ1n) is 6.20. The van der Waals surface area contributed by atoms with Crippen molar-refractivity contribution in [3.05, 3.63) is 63.2 Å². The van der Waals surface area contributed by atoms with Crippen molar-refractivity contribution < 1.29 is 4.74 Å². The van der Waals surface area contributed by atoms with E-state index in [2.05, 4.69) is 46.9 Å². The average molecular weight is 367 g/mol. The Morgan fingerprint density at radius 1 is 1.11 bits per heavy atom. The van der Waals surface area contributed by atoms with Gasteiger partial charge in [0.05, 0.1) is 7.11 Å². The molecule has 2 aromatic carbocycles. The highest BCUT2D eigenvalue weighted by atomic mass is 127. The van der Waals surface area contributed by atoms with E-state index in [4.69, 9.17) is 10.5 Å². The van der Waals surface area contributed by atoms with Crippen molar-refractivity contribution in [3.8, 4) is 5.75 Å². The Morgan fingerprint density at radius 2 is 1.74 bits per heavy atom. The van der Waals surface area contributed by atoms with Gasteiger partial charge in [-0.25, -0.2) is 0 Å². The van der Waals surface area contributed by atoms with Crippen LogP contribution in [0.2, 0.25) is 0 Å². The minimum Gasteiger partial charge on any atom is -0.496 e. The van der Waals surface area contributed by atoms with Gasteiger partial charge in [0, 0.05) is 14.7 Å². The van der Waals surface area contributed by atoms with Crippen LogP contribution in [0.4, 0.5) is 0 Å². The van der Waals surface area contributed by atoms with E-state index < -0.39 is 5.54 Å². The number of ether oxygens (including phenoxy) is 1. The summed E-state index contributed by atoms with van der Waals surface area (Å²) in [5.41, 5.74) is 8.33. The average Bonchev–Trinajstić information content (AvgIpc) is 2.41. The summed E-state index contributed by atoms with van der Waals surface area (Å²) in [6.07, 6.45) is 0.782. The Labute approximate surface area is 128 Å². The molecular weight excluding hydrogens is 349 g/mol. The number of hydrogen-bond donors (Lipinski definition) is 1. The number of benzene rings is 2. The summed E-state index contributed by atoms with van der Waals surface area (Å²) in [5.74, 6) is 0.845. The van der Waals surface area contributed by atoms with Crippen molar-refractivity contribution in [1.29, 1.82) is 0 Å². The van der Waals surface area contributed by atoms with E-state index in [0.717, 1.165) is 17.7 Å². The van der Waals surface area contributed by atoms with Crippen LogP contribution in [0.15, 0.2) is 48.5 Å². The maximum absolute atomic E-state index is 6.50. The quantitative estimate of drug-likeness (QED) is 0.837. The molecule has 0 spiro atoms. The summed E-state index contributed by atoms with van der Waals surface area (Å²) in [6.45, 7) is 2.04. The van der Waals surface area contributed by atoms with Gasteiger partial charge in [-0.05, 0) is 59.7 Å². The SMILES string of the molecule is COc1ccccc1C(C)(N)Cc1ccc(I)cc1. The first-order valence-corrected chi connectivity index (χ1v) is 7.27. The van der Waals surface area contributed by atoms with Crippen LogP contribution in [-0.4, -0.2) is 7.11 Å². The van der Waals surface area contributed by atoms with Gasteiger partial charge in [0.15, 0.2) is 0 Å². The molecule has 0 aliphatic rings. The summed E-state index contributed by atoms with van der Waals surface area (Å²) < 4.78 is 6.64. The largest absolute Gasteiger partial charge is 0.496 e. The number of para-hydroxylation sites is 1. The Kier molecular flexibility index (Phi) is 4.47. The van der Waals surface area contributed by atoms with Gasteiger partial charge in [-0.15, -0.1) is 0 Å². The maximum atomic E-state index is 6.50. The van der Waals surface area contributed by atoms with Crippen LogP contribution < -0.4 is 10.5 Å². The van der Waals surface area contributed by atoms with Gasteiger partial charge in [0.2, 0.25) is 0 Å². The third-order valence-corrected chi connectivity index (χ3v) is 3.93. The van der Waals surface area contributed by atoms with E-state index in [1.165, 1.54) is 9.13 Å². The number of hydrogen-bond acceptors (Lipinski definition) is 2. The second-order valence-corrected chi connectivity index (χ2v) is 6.17. The van der Waals surface area contributed by atoms with E-state index in [0.29, 0.717) is 0 Å². The van der Waals surface area contributed by atoms with E-state index in [1.807, 2.05) is 31.2 Å². The molecule has 0 aliphatic heterocycles. The lowest BCUT2D eigenvalue weighted by Crippen LogP contribution is -2.35. The predicted octanol–water partition coefficient (Wildman–Crippen LogP) is 3.72. The number of halogens is 1. The Hall–Kier alpha value is -1.07. The van der Waals surface area contributed by atoms with Crippen molar-refractivity contribution in [2.24, 2.45) is 5.73 Å². The van der Waals surface area contributed by atoms with Crippen LogP contribution >= 0.6 is 22.6 Å². The zero-order chi connectivity index (χ0) is 13.9. The lowest BCUT2D eigenvalue weighted by Gasteiger charge is -2.27. The standard InChI is InChI=1S/C16H18INO/c1-16(18,11-12-7-9-13(17)10-8-12)14-5-3-4-6-15(14)19-2/h3-10H,11,18H2,1-2H3. The summed E-state index contributed by atoms with van der Waals surface area (Å²) in [5, 5.41) is 0. The molecule has 0 aromatic heterocycles. The first-order chi connectivity index (χ1) is 9.03. The highest BCUT2D eigenvalue weighted by molar-refractivity contribution is 14.1. The second kappa shape index (κ2) is 5.92. The number of rotatable bonds is 4. The van der Waals surface area contributed by atoms with Crippen LogP contribution in [0.3, 0.4) is 0 Å². The van der Waals surface area contributed by atoms with E-state index in [9.17, 15) is 0 Å². The lowest BCUT2D eigenvalue weighted by atomic mass is 9.86. The molecule has 2 rings (SSSR count). The fourth-order valence-electron chi connectivity index (χ4n) is 2.24. The van der Waals surface area contributed by atoms with Crippen LogP contribution in [-0.2, 0) is 12.0 Å². The predicted molar refractivity (Wildman–Crippen MR) is 87.4 cm³/mol. The third kappa shape index (κ3) is 3.48. The Balaban J connectivity index is 2.29. The van der Waals surface area contributed by atoms with E-state index in [-0.39, 0.29) is 0 Å². The molecule has 0 bridgehead atoms. The molecule has 19 heavy (non-hydrogen) atoms. The van der Waals surface area contributed by atoms with Crippen molar-refractivity contribution in [1.82, 2.24) is 0 Å². The van der Waals surface area contributed by atoms with Crippen molar-refractivity contribution in [3.63, 3.8) is 0 Å². The van der Waals surface area contributed by atoms with E-state index >= 15 is 0 Å². The topological polar surface area (TPSA) is 35.2 Å². The molecule has 0 aliphatic carbocycles. The zero-order valence-electron chi connectivity index (χ0n) is 11.2. The summed E-state index contributed by atoms with van der Waals surface area (Å²) in [4.78, 5) is 0. The van der Waals surface area contributed by atoms with Crippen molar-refractivity contribution in [2.75, 3.05) is 7.11 Å². The monoisotopic (exact) mass is 367 g/mol. The van der Waals surface area contributed by atoms with Gasteiger partial charge in [0.1, 0.15) is 5.75 Å². The van der Waals surface area contributed by atoms with Crippen LogP contribution in [0.1, 0.15) is 18.1 Å².